The molecule has 0 bridgehead atoms. The van der Waals surface area contributed by atoms with Gasteiger partial charge in [-0.25, -0.2) is 0 Å². The second-order valence-corrected chi connectivity index (χ2v) is 9.66. The van der Waals surface area contributed by atoms with Gasteiger partial charge >= 0.3 is 0 Å². The highest BCUT2D eigenvalue weighted by Crippen LogP contribution is 2.58. The van der Waals surface area contributed by atoms with Crippen molar-refractivity contribution in [1.29, 1.82) is 0 Å². The molecular weight excluding hydrogens is 324 g/mol. The summed E-state index contributed by atoms with van der Waals surface area (Å²) in [6.07, 6.45) is 22.7. The first-order chi connectivity index (χ1) is 12.9. The number of hydrogen-bond donors (Lipinski definition) is 0. The third-order valence-electron chi connectivity index (χ3n) is 7.24. The van der Waals surface area contributed by atoms with E-state index in [0.717, 1.165) is 30.6 Å². The minimum Gasteiger partial charge on any atom is -0.0956 e. The fraction of sp³-hybridized carbons (Fsp3) is 0.704. The molecule has 0 radical (unpaired) electrons. The van der Waals surface area contributed by atoms with Crippen LogP contribution in [0.25, 0.3) is 0 Å². The Bertz CT molecular complexity index is 571. The molecular formula is C27H44. The number of rotatable bonds is 9. The van der Waals surface area contributed by atoms with Crippen LogP contribution in [0.3, 0.4) is 0 Å². The van der Waals surface area contributed by atoms with Crippen LogP contribution in [0.5, 0.6) is 0 Å². The Balaban J connectivity index is 2.09. The van der Waals surface area contributed by atoms with E-state index in [0.29, 0.717) is 5.41 Å². The van der Waals surface area contributed by atoms with Gasteiger partial charge in [-0.3, -0.25) is 0 Å². The van der Waals surface area contributed by atoms with Gasteiger partial charge in [0.05, 0.1) is 0 Å². The third kappa shape index (κ3) is 5.72. The normalized spacial score (nSPS) is 30.4. The highest BCUT2D eigenvalue weighted by Gasteiger charge is 2.48. The molecule has 2 aliphatic rings. The van der Waals surface area contributed by atoms with Crippen LogP contribution in [-0.2, 0) is 0 Å². The van der Waals surface area contributed by atoms with Crippen molar-refractivity contribution in [3.05, 3.63) is 47.6 Å². The van der Waals surface area contributed by atoms with Gasteiger partial charge in [-0.1, -0.05) is 83.1 Å². The zero-order chi connectivity index (χ0) is 19.9. The van der Waals surface area contributed by atoms with Crippen molar-refractivity contribution in [3.8, 4) is 0 Å². The lowest BCUT2D eigenvalue weighted by Crippen LogP contribution is -2.33. The van der Waals surface area contributed by atoms with Crippen molar-refractivity contribution in [2.75, 3.05) is 0 Å². The quantitative estimate of drug-likeness (QED) is 0.282. The van der Waals surface area contributed by atoms with Crippen LogP contribution in [0, 0.1) is 23.2 Å². The highest BCUT2D eigenvalue weighted by atomic mass is 14.5. The lowest BCUT2D eigenvalue weighted by atomic mass is 9.63. The van der Waals surface area contributed by atoms with E-state index in [1.165, 1.54) is 62.5 Å². The molecule has 0 nitrogen and oxygen atoms in total. The second-order valence-electron chi connectivity index (χ2n) is 9.66. The summed E-state index contributed by atoms with van der Waals surface area (Å²) >= 11 is 0. The molecule has 0 heteroatoms. The standard InChI is InChI=1S/C27H44/c1-7-12-22(5)23(8-2)16-17-24-14-11-20-27(6)25(18-19-26(24)27)15-10-9-13-21(3)4/h9-10,16-17,21,25-26H,5,7-8,11-15,18-20H2,1-4,6H3/b10-9+,23-16-,24-17+. The number of allylic oxidation sites excluding steroid dienone is 7. The van der Waals surface area contributed by atoms with Crippen molar-refractivity contribution in [2.24, 2.45) is 23.2 Å². The molecule has 0 aromatic carbocycles. The molecule has 27 heavy (non-hydrogen) atoms. The van der Waals surface area contributed by atoms with Crippen molar-refractivity contribution in [2.45, 2.75) is 98.8 Å². The molecule has 2 saturated carbocycles. The predicted molar refractivity (Wildman–Crippen MR) is 122 cm³/mol. The van der Waals surface area contributed by atoms with E-state index in [4.69, 9.17) is 0 Å². The molecule has 2 fully saturated rings. The summed E-state index contributed by atoms with van der Waals surface area (Å²) in [7, 11) is 0. The van der Waals surface area contributed by atoms with E-state index < -0.39 is 0 Å². The largest absolute Gasteiger partial charge is 0.0956 e. The summed E-state index contributed by atoms with van der Waals surface area (Å²) in [5, 5.41) is 0. The van der Waals surface area contributed by atoms with Crippen LogP contribution in [0.2, 0.25) is 0 Å². The fourth-order valence-corrected chi connectivity index (χ4v) is 5.52. The number of fused-ring (bicyclic) bond motifs is 1. The van der Waals surface area contributed by atoms with Gasteiger partial charge in [0.2, 0.25) is 0 Å². The molecule has 0 spiro atoms. The van der Waals surface area contributed by atoms with Gasteiger partial charge in [-0.2, -0.15) is 0 Å². The van der Waals surface area contributed by atoms with Gasteiger partial charge in [0.15, 0.2) is 0 Å². The summed E-state index contributed by atoms with van der Waals surface area (Å²) in [5.74, 6) is 2.46. The molecule has 0 saturated heterocycles. The topological polar surface area (TPSA) is 0 Å². The van der Waals surface area contributed by atoms with Crippen LogP contribution in [-0.4, -0.2) is 0 Å². The van der Waals surface area contributed by atoms with E-state index >= 15 is 0 Å². The van der Waals surface area contributed by atoms with Crippen molar-refractivity contribution in [3.63, 3.8) is 0 Å². The fourth-order valence-electron chi connectivity index (χ4n) is 5.52. The number of hydrogen-bond acceptors (Lipinski definition) is 0. The zero-order valence-corrected chi connectivity index (χ0v) is 18.8. The van der Waals surface area contributed by atoms with Crippen LogP contribution < -0.4 is 0 Å². The minimum absolute atomic E-state index is 0.521. The van der Waals surface area contributed by atoms with Gasteiger partial charge in [0.1, 0.15) is 0 Å². The van der Waals surface area contributed by atoms with Gasteiger partial charge in [0.25, 0.3) is 0 Å². The molecule has 2 aliphatic carbocycles. The van der Waals surface area contributed by atoms with E-state index in [9.17, 15) is 0 Å². The van der Waals surface area contributed by atoms with Crippen LogP contribution in [0.4, 0.5) is 0 Å². The molecule has 0 aromatic rings. The molecule has 0 N–H and O–H groups in total. The van der Waals surface area contributed by atoms with Crippen LogP contribution >= 0.6 is 0 Å². The van der Waals surface area contributed by atoms with Crippen molar-refractivity contribution < 1.29 is 0 Å². The Morgan fingerprint density at radius 1 is 1.22 bits per heavy atom. The first-order valence-electron chi connectivity index (χ1n) is 11.6. The summed E-state index contributed by atoms with van der Waals surface area (Å²) in [6, 6.07) is 0. The smallest absolute Gasteiger partial charge is 0.0143 e. The molecule has 3 unspecified atom stereocenters. The Kier molecular flexibility index (Phi) is 8.64. The second kappa shape index (κ2) is 10.5. The lowest BCUT2D eigenvalue weighted by Gasteiger charge is -2.42. The molecule has 0 aliphatic heterocycles. The van der Waals surface area contributed by atoms with Gasteiger partial charge in [-0.15, -0.1) is 0 Å². The van der Waals surface area contributed by atoms with E-state index in [1.54, 1.807) is 5.57 Å². The summed E-state index contributed by atoms with van der Waals surface area (Å²) < 4.78 is 0. The molecule has 0 heterocycles. The van der Waals surface area contributed by atoms with E-state index in [1.807, 2.05) is 0 Å². The maximum absolute atomic E-state index is 4.32. The molecule has 152 valence electrons. The summed E-state index contributed by atoms with van der Waals surface area (Å²) in [6.45, 7) is 16.1. The average molecular weight is 369 g/mol. The maximum Gasteiger partial charge on any atom is -0.0143 e. The Labute approximate surface area is 169 Å². The van der Waals surface area contributed by atoms with Crippen LogP contribution in [0.15, 0.2) is 47.6 Å². The van der Waals surface area contributed by atoms with Crippen LogP contribution in [0.1, 0.15) is 98.8 Å². The maximum atomic E-state index is 4.32. The van der Waals surface area contributed by atoms with Gasteiger partial charge in [0, 0.05) is 0 Å². The van der Waals surface area contributed by atoms with Gasteiger partial charge < -0.3 is 0 Å². The molecule has 3 atom stereocenters. The van der Waals surface area contributed by atoms with Gasteiger partial charge in [-0.05, 0) is 86.5 Å². The monoisotopic (exact) mass is 368 g/mol. The predicted octanol–water partition coefficient (Wildman–Crippen LogP) is 8.81. The highest BCUT2D eigenvalue weighted by molar-refractivity contribution is 5.34. The first kappa shape index (κ1) is 22.3. The Morgan fingerprint density at radius 3 is 2.67 bits per heavy atom. The summed E-state index contributed by atoms with van der Waals surface area (Å²) in [5.41, 5.74) is 5.05. The van der Waals surface area contributed by atoms with E-state index in [2.05, 4.69) is 65.5 Å². The molecule has 0 aromatic heterocycles. The Hall–Kier alpha value is -1.04. The molecule has 2 rings (SSSR count). The minimum atomic E-state index is 0.521. The first-order valence-corrected chi connectivity index (χ1v) is 11.6. The zero-order valence-electron chi connectivity index (χ0n) is 18.8. The average Bonchev–Trinajstić information content (AvgIpc) is 2.96. The van der Waals surface area contributed by atoms with Crippen molar-refractivity contribution in [1.82, 2.24) is 0 Å². The Morgan fingerprint density at radius 2 is 2.00 bits per heavy atom. The van der Waals surface area contributed by atoms with Crippen molar-refractivity contribution >= 4 is 0 Å². The third-order valence-corrected chi connectivity index (χ3v) is 7.24. The SMILES string of the molecule is C=C(CCC)/C(=C\C=C1/CCCC2(C)C(C/C=C/CC(C)C)CCC12)CC. The molecule has 0 amide bonds. The summed E-state index contributed by atoms with van der Waals surface area (Å²) in [4.78, 5) is 0. The van der Waals surface area contributed by atoms with E-state index in [-0.39, 0.29) is 0 Å². The lowest BCUT2D eigenvalue weighted by molar-refractivity contribution is 0.137.